The van der Waals surface area contributed by atoms with E-state index in [1.807, 2.05) is 54.6 Å². The third kappa shape index (κ3) is 6.06. The molecule has 3 spiro atoms. The van der Waals surface area contributed by atoms with Gasteiger partial charge in [0.25, 0.3) is 0 Å². The first-order valence-electron chi connectivity index (χ1n) is 30.1. The minimum atomic E-state index is -4.15. The Bertz CT molecular complexity index is 5050. The Morgan fingerprint density at radius 2 is 0.378 bits per heavy atom. The highest BCUT2D eigenvalue weighted by Gasteiger charge is 2.65. The van der Waals surface area contributed by atoms with Crippen LogP contribution in [-0.4, -0.2) is 25.3 Å². The molecule has 0 atom stereocenters. The van der Waals surface area contributed by atoms with E-state index in [9.17, 15) is 0 Å². The summed E-state index contributed by atoms with van der Waals surface area (Å²) in [4.78, 5) is 0.960. The van der Waals surface area contributed by atoms with Crippen molar-refractivity contribution in [3.05, 3.63) is 358 Å². The molecule has 0 unspecified atom stereocenters. The molecule has 19 rings (SSSR count). The van der Waals surface area contributed by atoms with Crippen molar-refractivity contribution in [2.24, 2.45) is 0 Å². The van der Waals surface area contributed by atoms with Crippen molar-refractivity contribution in [1.82, 2.24) is 0 Å². The van der Waals surface area contributed by atoms with Gasteiger partial charge in [0.1, 0.15) is 0 Å². The summed E-state index contributed by atoms with van der Waals surface area (Å²) in [5.74, 6) is 0. The van der Waals surface area contributed by atoms with E-state index in [1.54, 1.807) is 91.0 Å². The molecule has 13 aromatic carbocycles. The Kier molecular flexibility index (Phi) is 10.2. The molecule has 0 saturated heterocycles. The number of hydrogen-bond acceptors (Lipinski definition) is 6. The van der Waals surface area contributed by atoms with Crippen LogP contribution in [0.1, 0.15) is 66.8 Å². The zero-order valence-corrected chi connectivity index (χ0v) is 50.3. The van der Waals surface area contributed by atoms with Gasteiger partial charge in [0, 0.05) is 0 Å². The third-order valence-corrected chi connectivity index (χ3v) is 25.9. The van der Waals surface area contributed by atoms with Gasteiger partial charge in [0.2, 0.25) is 29.5 Å². The van der Waals surface area contributed by atoms with Gasteiger partial charge in [-0.2, -0.15) is 0 Å². The molecule has 0 N–H and O–H groups in total. The van der Waals surface area contributed by atoms with E-state index < -0.39 is 45.8 Å². The molecule has 0 heterocycles. The second kappa shape index (κ2) is 17.7. The van der Waals surface area contributed by atoms with Gasteiger partial charge in [-0.05, 0) is 206 Å². The summed E-state index contributed by atoms with van der Waals surface area (Å²) in [6, 6.07) is 94.3. The summed E-state index contributed by atoms with van der Waals surface area (Å²) >= 11 is 0. The van der Waals surface area contributed by atoms with Crippen molar-refractivity contribution in [3.63, 3.8) is 0 Å². The van der Waals surface area contributed by atoms with Crippen molar-refractivity contribution in [2.45, 2.75) is 45.6 Å². The molecular weight excluding hydrogens is 1170 g/mol. The number of fused-ring (bicyclic) bond motifs is 33. The third-order valence-electron chi connectivity index (χ3n) is 20.6. The molecule has 13 aromatic rings. The van der Waals surface area contributed by atoms with Crippen LogP contribution in [0.15, 0.2) is 321 Å². The van der Waals surface area contributed by atoms with E-state index in [1.165, 1.54) is 0 Å². The molecule has 0 saturated carbocycles. The van der Waals surface area contributed by atoms with Crippen molar-refractivity contribution >= 4 is 29.5 Å². The van der Waals surface area contributed by atoms with Crippen molar-refractivity contribution in [3.8, 4) is 66.8 Å². The van der Waals surface area contributed by atoms with E-state index in [0.717, 1.165) is 134 Å². The Hall–Kier alpha value is -10.3. The molecule has 9 heteroatoms. The van der Waals surface area contributed by atoms with Crippen LogP contribution in [0.5, 0.6) is 0 Å². The maximum absolute atomic E-state index is 15.5. The summed E-state index contributed by atoms with van der Waals surface area (Å²) in [5.41, 5.74) is 18.7. The minimum Gasteiger partial charge on any atom is -0.219 e. The van der Waals surface area contributed by atoms with Crippen molar-refractivity contribution in [2.75, 3.05) is 0 Å². The van der Waals surface area contributed by atoms with E-state index in [0.29, 0.717) is 0 Å². The Balaban J connectivity index is 1.09. The number of sulfone groups is 3. The summed E-state index contributed by atoms with van der Waals surface area (Å²) < 4.78 is 93.0. The predicted octanol–water partition coefficient (Wildman–Crippen LogP) is 17.2. The van der Waals surface area contributed by atoms with E-state index in [2.05, 4.69) is 146 Å². The number of hydrogen-bond donors (Lipinski definition) is 0. The highest BCUT2D eigenvalue weighted by Crippen LogP contribution is 2.77. The monoisotopic (exact) mass is 1210 g/mol. The van der Waals surface area contributed by atoms with Crippen LogP contribution in [0.4, 0.5) is 0 Å². The fourth-order valence-corrected chi connectivity index (χ4v) is 21.3. The first kappa shape index (κ1) is 51.7. The summed E-state index contributed by atoms with van der Waals surface area (Å²) in [6.45, 7) is 0. The van der Waals surface area contributed by atoms with Crippen molar-refractivity contribution in [1.29, 1.82) is 0 Å². The first-order valence-corrected chi connectivity index (χ1v) is 34.6. The van der Waals surface area contributed by atoms with Crippen molar-refractivity contribution < 1.29 is 25.3 Å². The summed E-state index contributed by atoms with van der Waals surface area (Å²) in [6.07, 6.45) is 0. The van der Waals surface area contributed by atoms with Gasteiger partial charge >= 0.3 is 0 Å². The lowest BCUT2D eigenvalue weighted by atomic mass is 9.63. The average Bonchev–Trinajstić information content (AvgIpc) is 1.45. The van der Waals surface area contributed by atoms with Gasteiger partial charge in [0.05, 0.1) is 45.6 Å². The molecule has 6 aliphatic carbocycles. The molecule has 0 aromatic heterocycles. The quantitative estimate of drug-likeness (QED) is 0.164. The van der Waals surface area contributed by atoms with Gasteiger partial charge < -0.3 is 0 Å². The van der Waals surface area contributed by atoms with Gasteiger partial charge in [-0.15, -0.1) is 0 Å². The molecule has 0 bridgehead atoms. The largest absolute Gasteiger partial charge is 0.219 e. The van der Waals surface area contributed by atoms with Gasteiger partial charge in [-0.25, -0.2) is 25.3 Å². The van der Waals surface area contributed by atoms with E-state index in [4.69, 9.17) is 0 Å². The smallest absolute Gasteiger partial charge is 0.206 e. The Labute approximate surface area is 521 Å². The lowest BCUT2D eigenvalue weighted by Gasteiger charge is -2.37. The van der Waals surface area contributed by atoms with Crippen LogP contribution >= 0.6 is 0 Å². The van der Waals surface area contributed by atoms with Crippen LogP contribution in [-0.2, 0) is 45.8 Å². The lowest BCUT2D eigenvalue weighted by Crippen LogP contribution is -2.31. The number of rotatable bonds is 6. The van der Waals surface area contributed by atoms with Gasteiger partial charge in [-0.1, -0.05) is 218 Å². The van der Waals surface area contributed by atoms with E-state index >= 15 is 25.3 Å². The average molecular weight is 1210 g/mol. The number of benzene rings is 13. The highest BCUT2D eigenvalue weighted by atomic mass is 32.2. The second-order valence-corrected chi connectivity index (χ2v) is 30.2. The van der Waals surface area contributed by atoms with Crippen LogP contribution in [0.2, 0.25) is 0 Å². The lowest BCUT2D eigenvalue weighted by molar-refractivity contribution is 0.594. The molecule has 0 amide bonds. The molecule has 0 fully saturated rings. The van der Waals surface area contributed by atoms with Gasteiger partial charge in [-0.3, -0.25) is 0 Å². The van der Waals surface area contributed by atoms with Crippen LogP contribution in [0.3, 0.4) is 0 Å². The van der Waals surface area contributed by atoms with Crippen LogP contribution in [0, 0.1) is 0 Å². The fraction of sp³-hybridized carbons (Fsp3) is 0.0370. The second-order valence-electron chi connectivity index (χ2n) is 24.3. The maximum Gasteiger partial charge on any atom is 0.206 e. The van der Waals surface area contributed by atoms with Gasteiger partial charge in [0.15, 0.2) is 0 Å². The van der Waals surface area contributed by atoms with Crippen LogP contribution < -0.4 is 0 Å². The Morgan fingerprint density at radius 3 is 0.600 bits per heavy atom. The summed E-state index contributed by atoms with van der Waals surface area (Å²) in [5, 5.41) is 0. The Morgan fingerprint density at radius 1 is 0.178 bits per heavy atom. The standard InChI is InChI=1S/C81H48O6S3/c82-88(83,49-22-4-1-5-23-49)52-40-43-61-70(46-52)79(64-34-16-10-28-55(64)56-29-11-17-35-65(56)79)76-73(61)77-75(63-45-42-54(90(86,87)51-26-8-3-9-27-51)48-72(63)80(77)66-36-18-12-30-57(66)58-31-13-19-37-67(58)80)78-74(76)62-44-41-53(89(84,85)50-24-6-2-7-25-50)47-71(62)81(78)68-38-20-14-32-59(68)60-33-15-21-39-69(60)81/h1-48H. The highest BCUT2D eigenvalue weighted by molar-refractivity contribution is 7.92. The van der Waals surface area contributed by atoms with E-state index in [-0.39, 0.29) is 29.4 Å². The SMILES string of the molecule is O=S(=O)(c1ccccc1)c1ccc2c(c1)C1(c3ccccc3-c3ccccc31)c1c-2c2c(c3c1-c1ccc(S(=O)(=O)c4ccccc4)cc1C31c3ccccc3-c3ccccc31)-c1ccc(S(=O)(=O)c3ccccc3)cc1C21c2ccccc2-c2ccccc21. The maximum atomic E-state index is 15.5. The first-order chi connectivity index (χ1) is 43.9. The molecule has 0 radical (unpaired) electrons. The topological polar surface area (TPSA) is 102 Å². The summed E-state index contributed by atoms with van der Waals surface area (Å²) in [7, 11) is -12.4. The molecule has 90 heavy (non-hydrogen) atoms. The fourth-order valence-electron chi connectivity index (χ4n) is 17.3. The molecular formula is C81H48O6S3. The minimum absolute atomic E-state index is 0.145. The molecule has 6 aliphatic rings. The molecule has 426 valence electrons. The predicted molar refractivity (Wildman–Crippen MR) is 351 cm³/mol. The zero-order valence-electron chi connectivity index (χ0n) is 47.9. The molecule has 6 nitrogen and oxygen atoms in total. The van der Waals surface area contributed by atoms with Crippen LogP contribution in [0.25, 0.3) is 66.8 Å². The normalized spacial score (nSPS) is 15.2. The molecule has 0 aliphatic heterocycles. The zero-order chi connectivity index (χ0) is 60.3.